The third kappa shape index (κ3) is 13.6. The number of nitrogens with zero attached hydrogens (tertiary/aromatic N) is 1. The highest BCUT2D eigenvalue weighted by Gasteiger charge is 2.25. The summed E-state index contributed by atoms with van der Waals surface area (Å²) >= 11 is 0. The molecule has 1 atom stereocenters. The first-order chi connectivity index (χ1) is 9.90. The molecule has 134 valence electrons. The molecular weight excluding hydrogens is 342 g/mol. The van der Waals surface area contributed by atoms with Crippen molar-refractivity contribution in [1.29, 1.82) is 0 Å². The SMILES string of the molecule is CCCCCCCCCCCC[N+](C)(C)C(C)OC(C)=O.[Br-]. The molecular formula is C18H38BrNO2. The molecule has 0 saturated carbocycles. The van der Waals surface area contributed by atoms with Crippen LogP contribution in [0.15, 0.2) is 0 Å². The molecule has 0 radical (unpaired) electrons. The van der Waals surface area contributed by atoms with E-state index in [-0.39, 0.29) is 29.2 Å². The summed E-state index contributed by atoms with van der Waals surface area (Å²) in [7, 11) is 4.28. The van der Waals surface area contributed by atoms with Crippen LogP contribution in [-0.2, 0) is 9.53 Å². The fraction of sp³-hybridized carbons (Fsp3) is 0.944. The molecule has 0 aromatic carbocycles. The number of rotatable bonds is 13. The van der Waals surface area contributed by atoms with E-state index in [1.807, 2.05) is 6.92 Å². The summed E-state index contributed by atoms with van der Waals surface area (Å²) in [6.45, 7) is 6.81. The molecule has 0 bridgehead atoms. The molecule has 0 aromatic rings. The Kier molecular flexibility index (Phi) is 15.9. The summed E-state index contributed by atoms with van der Waals surface area (Å²) in [6.07, 6.45) is 13.5. The Bertz CT molecular complexity index is 270. The largest absolute Gasteiger partial charge is 1.00 e. The van der Waals surface area contributed by atoms with Gasteiger partial charge in [-0.05, 0) is 12.8 Å². The quantitative estimate of drug-likeness (QED) is 0.211. The second-order valence-corrected chi connectivity index (χ2v) is 6.89. The predicted molar refractivity (Wildman–Crippen MR) is 90.0 cm³/mol. The fourth-order valence-electron chi connectivity index (χ4n) is 2.57. The van der Waals surface area contributed by atoms with Crippen LogP contribution < -0.4 is 17.0 Å². The maximum absolute atomic E-state index is 11.0. The second-order valence-electron chi connectivity index (χ2n) is 6.89. The van der Waals surface area contributed by atoms with Gasteiger partial charge in [0.2, 0.25) is 6.23 Å². The van der Waals surface area contributed by atoms with Gasteiger partial charge in [0.05, 0.1) is 20.6 Å². The Morgan fingerprint density at radius 3 is 1.73 bits per heavy atom. The highest BCUT2D eigenvalue weighted by atomic mass is 79.9. The molecule has 4 heteroatoms. The average Bonchev–Trinajstić information content (AvgIpc) is 2.40. The Balaban J connectivity index is 0. The average molecular weight is 380 g/mol. The molecule has 0 aliphatic heterocycles. The number of unbranched alkanes of at least 4 members (excludes halogenated alkanes) is 9. The van der Waals surface area contributed by atoms with Crippen LogP contribution in [0.25, 0.3) is 0 Å². The van der Waals surface area contributed by atoms with E-state index in [0.717, 1.165) is 11.0 Å². The van der Waals surface area contributed by atoms with Crippen molar-refractivity contribution in [2.45, 2.75) is 91.2 Å². The van der Waals surface area contributed by atoms with E-state index in [2.05, 4.69) is 21.0 Å². The topological polar surface area (TPSA) is 26.3 Å². The number of hydrogen-bond acceptors (Lipinski definition) is 2. The molecule has 3 nitrogen and oxygen atoms in total. The number of halogens is 1. The van der Waals surface area contributed by atoms with Gasteiger partial charge in [0.25, 0.3) is 0 Å². The number of carbonyl (C=O) groups is 1. The van der Waals surface area contributed by atoms with Crippen molar-refractivity contribution >= 4 is 5.97 Å². The summed E-state index contributed by atoms with van der Waals surface area (Å²) in [6, 6.07) is 0. The predicted octanol–water partition coefficient (Wildman–Crippen LogP) is 1.90. The third-order valence-corrected chi connectivity index (χ3v) is 4.41. The zero-order valence-electron chi connectivity index (χ0n) is 15.5. The minimum absolute atomic E-state index is 0. The van der Waals surface area contributed by atoms with Crippen molar-refractivity contribution in [3.63, 3.8) is 0 Å². The van der Waals surface area contributed by atoms with Gasteiger partial charge in [0, 0.05) is 13.8 Å². The summed E-state index contributed by atoms with van der Waals surface area (Å²) in [4.78, 5) is 11.0. The van der Waals surface area contributed by atoms with E-state index in [1.54, 1.807) is 0 Å². The van der Waals surface area contributed by atoms with Gasteiger partial charge in [0.1, 0.15) is 0 Å². The molecule has 0 spiro atoms. The van der Waals surface area contributed by atoms with E-state index in [0.29, 0.717) is 0 Å². The molecule has 22 heavy (non-hydrogen) atoms. The molecule has 0 heterocycles. The molecule has 0 aliphatic rings. The van der Waals surface area contributed by atoms with Crippen molar-refractivity contribution < 1.29 is 31.0 Å². The van der Waals surface area contributed by atoms with E-state index >= 15 is 0 Å². The molecule has 0 amide bonds. The maximum atomic E-state index is 11.0. The number of carbonyl (C=O) groups excluding carboxylic acids is 1. The first-order valence-corrected chi connectivity index (χ1v) is 8.90. The van der Waals surface area contributed by atoms with E-state index in [4.69, 9.17) is 4.74 Å². The van der Waals surface area contributed by atoms with Crippen LogP contribution in [-0.4, -0.2) is 37.3 Å². The lowest BCUT2D eigenvalue weighted by Gasteiger charge is -2.34. The summed E-state index contributed by atoms with van der Waals surface area (Å²) in [5.41, 5.74) is 0. The number of quaternary nitrogens is 1. The molecule has 0 N–H and O–H groups in total. The molecule has 0 saturated heterocycles. The minimum atomic E-state index is -0.184. The van der Waals surface area contributed by atoms with Crippen molar-refractivity contribution in [3.05, 3.63) is 0 Å². The molecule has 0 aliphatic carbocycles. The smallest absolute Gasteiger partial charge is 0.307 e. The van der Waals surface area contributed by atoms with Gasteiger partial charge in [-0.1, -0.05) is 58.3 Å². The number of hydrogen-bond donors (Lipinski definition) is 0. The van der Waals surface area contributed by atoms with E-state index < -0.39 is 0 Å². The van der Waals surface area contributed by atoms with Crippen LogP contribution in [0.3, 0.4) is 0 Å². The lowest BCUT2D eigenvalue weighted by atomic mass is 10.1. The van der Waals surface area contributed by atoms with Crippen molar-refractivity contribution in [2.24, 2.45) is 0 Å². The first kappa shape index (κ1) is 24.2. The van der Waals surface area contributed by atoms with Gasteiger partial charge < -0.3 is 21.7 Å². The van der Waals surface area contributed by atoms with E-state index in [9.17, 15) is 4.79 Å². The van der Waals surface area contributed by atoms with Gasteiger partial charge in [0.15, 0.2) is 0 Å². The van der Waals surface area contributed by atoms with Gasteiger partial charge >= 0.3 is 5.97 Å². The van der Waals surface area contributed by atoms with Crippen LogP contribution in [0.2, 0.25) is 0 Å². The maximum Gasteiger partial charge on any atom is 0.307 e. The zero-order valence-corrected chi connectivity index (χ0v) is 17.1. The van der Waals surface area contributed by atoms with E-state index in [1.165, 1.54) is 71.1 Å². The van der Waals surface area contributed by atoms with Crippen LogP contribution in [0, 0.1) is 0 Å². The Morgan fingerprint density at radius 2 is 1.32 bits per heavy atom. The van der Waals surface area contributed by atoms with Crippen LogP contribution >= 0.6 is 0 Å². The fourth-order valence-corrected chi connectivity index (χ4v) is 2.57. The molecule has 1 unspecified atom stereocenters. The van der Waals surface area contributed by atoms with Crippen molar-refractivity contribution in [2.75, 3.05) is 20.6 Å². The molecule has 0 fully saturated rings. The second kappa shape index (κ2) is 14.5. The summed E-state index contributed by atoms with van der Waals surface area (Å²) < 4.78 is 6.05. The van der Waals surface area contributed by atoms with Crippen molar-refractivity contribution in [1.82, 2.24) is 0 Å². The Hall–Kier alpha value is -0.0900. The van der Waals surface area contributed by atoms with Gasteiger partial charge in [-0.3, -0.25) is 9.28 Å². The third-order valence-electron chi connectivity index (χ3n) is 4.41. The Morgan fingerprint density at radius 1 is 0.909 bits per heavy atom. The van der Waals surface area contributed by atoms with Gasteiger partial charge in [-0.15, -0.1) is 0 Å². The standard InChI is InChI=1S/C18H38NO2.BrH/c1-6-7-8-9-10-11-12-13-14-15-16-19(4,5)17(2)21-18(3)20;/h17H,6-16H2,1-5H3;1H/q+1;/p-1. The number of esters is 1. The normalized spacial score (nSPS) is 12.6. The number of ether oxygens (including phenoxy) is 1. The summed E-state index contributed by atoms with van der Waals surface area (Å²) in [5, 5.41) is 0. The highest BCUT2D eigenvalue weighted by molar-refractivity contribution is 5.65. The highest BCUT2D eigenvalue weighted by Crippen LogP contribution is 2.14. The van der Waals surface area contributed by atoms with Gasteiger partial charge in [-0.2, -0.15) is 0 Å². The minimum Gasteiger partial charge on any atom is -1.00 e. The van der Waals surface area contributed by atoms with Crippen LogP contribution in [0.1, 0.15) is 85.0 Å². The van der Waals surface area contributed by atoms with Gasteiger partial charge in [-0.25, -0.2) is 0 Å². The first-order valence-electron chi connectivity index (χ1n) is 8.90. The monoisotopic (exact) mass is 379 g/mol. The molecule has 0 rings (SSSR count). The van der Waals surface area contributed by atoms with Crippen LogP contribution in [0.4, 0.5) is 0 Å². The lowest BCUT2D eigenvalue weighted by Crippen LogP contribution is -3.00. The molecule has 0 aromatic heterocycles. The lowest BCUT2D eigenvalue weighted by molar-refractivity contribution is -0.932. The van der Waals surface area contributed by atoms with Crippen LogP contribution in [0.5, 0.6) is 0 Å². The zero-order chi connectivity index (χ0) is 16.1. The Labute approximate surface area is 149 Å². The summed E-state index contributed by atoms with van der Waals surface area (Å²) in [5.74, 6) is -0.184. The van der Waals surface area contributed by atoms with Crippen molar-refractivity contribution in [3.8, 4) is 0 Å².